The van der Waals surface area contributed by atoms with Crippen molar-refractivity contribution in [1.29, 1.82) is 0 Å². The minimum Gasteiger partial charge on any atom is -0.492 e. The molecule has 0 spiro atoms. The van der Waals surface area contributed by atoms with Crippen LogP contribution in [0.3, 0.4) is 0 Å². The minimum absolute atomic E-state index is 0.0447. The van der Waals surface area contributed by atoms with Crippen molar-refractivity contribution in [1.82, 2.24) is 0 Å². The number of ether oxygens (including phenoxy) is 1. The molecule has 0 saturated carbocycles. The largest absolute Gasteiger partial charge is 0.492 e. The Morgan fingerprint density at radius 1 is 1.14 bits per heavy atom. The lowest BCUT2D eigenvalue weighted by Gasteiger charge is -2.13. The summed E-state index contributed by atoms with van der Waals surface area (Å²) < 4.78 is 30.9. The number of halogens is 2. The molecule has 1 N–H and O–H groups in total. The van der Waals surface area contributed by atoms with E-state index in [2.05, 4.69) is 5.32 Å². The van der Waals surface area contributed by atoms with Gasteiger partial charge in [-0.05, 0) is 43.2 Å². The van der Waals surface area contributed by atoms with Gasteiger partial charge in [0.25, 0.3) is 6.43 Å². The molecule has 4 heteroatoms. The molecule has 112 valence electrons. The molecule has 0 bridgehead atoms. The number of anilines is 1. The zero-order valence-corrected chi connectivity index (χ0v) is 12.2. The van der Waals surface area contributed by atoms with Gasteiger partial charge >= 0.3 is 0 Å². The quantitative estimate of drug-likeness (QED) is 0.813. The third kappa shape index (κ3) is 4.18. The molecule has 0 amide bonds. The molecule has 0 unspecified atom stereocenters. The minimum atomic E-state index is -2.44. The van der Waals surface area contributed by atoms with Crippen molar-refractivity contribution in [3.05, 3.63) is 59.2 Å². The number of rotatable bonds is 6. The lowest BCUT2D eigenvalue weighted by atomic mass is 10.1. The van der Waals surface area contributed by atoms with Crippen molar-refractivity contribution in [2.24, 2.45) is 0 Å². The van der Waals surface area contributed by atoms with Crippen LogP contribution in [0.15, 0.2) is 42.5 Å². The van der Waals surface area contributed by atoms with Crippen LogP contribution in [0.5, 0.6) is 5.75 Å². The molecule has 0 saturated heterocycles. The average molecular weight is 291 g/mol. The van der Waals surface area contributed by atoms with E-state index in [9.17, 15) is 8.78 Å². The predicted octanol–water partition coefficient (Wildman–Crippen LogP) is 4.94. The zero-order chi connectivity index (χ0) is 15.2. The van der Waals surface area contributed by atoms with Crippen LogP contribution in [0.25, 0.3) is 0 Å². The normalized spacial score (nSPS) is 10.7. The van der Waals surface area contributed by atoms with Gasteiger partial charge in [-0.15, -0.1) is 0 Å². The molecular weight excluding hydrogens is 272 g/mol. The highest BCUT2D eigenvalue weighted by Gasteiger charge is 2.08. The van der Waals surface area contributed by atoms with Gasteiger partial charge in [0.05, 0.1) is 12.3 Å². The van der Waals surface area contributed by atoms with Gasteiger partial charge in [0.1, 0.15) is 5.75 Å². The third-order valence-corrected chi connectivity index (χ3v) is 3.12. The van der Waals surface area contributed by atoms with Crippen molar-refractivity contribution >= 4 is 5.69 Å². The van der Waals surface area contributed by atoms with E-state index >= 15 is 0 Å². The summed E-state index contributed by atoms with van der Waals surface area (Å²) in [6.45, 7) is 4.99. The molecule has 2 rings (SSSR count). The number of hydrogen-bond donors (Lipinski definition) is 1. The fourth-order valence-corrected chi connectivity index (χ4v) is 2.09. The smallest absolute Gasteiger partial charge is 0.263 e. The second kappa shape index (κ2) is 7.07. The number of nitrogens with one attached hydrogen (secondary N) is 1. The van der Waals surface area contributed by atoms with Gasteiger partial charge in [0.2, 0.25) is 0 Å². The molecule has 0 atom stereocenters. The monoisotopic (exact) mass is 291 g/mol. The van der Waals surface area contributed by atoms with E-state index in [-0.39, 0.29) is 5.56 Å². The number of aryl methyl sites for hydroxylation is 1. The van der Waals surface area contributed by atoms with Crippen LogP contribution in [-0.2, 0) is 6.54 Å². The van der Waals surface area contributed by atoms with Crippen molar-refractivity contribution in [3.8, 4) is 5.75 Å². The fraction of sp³-hybridized carbons (Fsp3) is 0.294. The first-order valence-electron chi connectivity index (χ1n) is 6.94. The summed E-state index contributed by atoms with van der Waals surface area (Å²) in [5.74, 6) is 0.780. The van der Waals surface area contributed by atoms with E-state index in [4.69, 9.17) is 4.74 Å². The highest BCUT2D eigenvalue weighted by atomic mass is 19.3. The molecule has 0 fully saturated rings. The lowest BCUT2D eigenvalue weighted by Crippen LogP contribution is -2.03. The first-order chi connectivity index (χ1) is 10.1. The summed E-state index contributed by atoms with van der Waals surface area (Å²) in [4.78, 5) is 0. The van der Waals surface area contributed by atoms with E-state index in [0.717, 1.165) is 22.6 Å². The Bertz CT molecular complexity index is 599. The summed E-state index contributed by atoms with van der Waals surface area (Å²) >= 11 is 0. The SMILES string of the molecule is CCOc1cc(C)ccc1NCc1cccc(C(F)F)c1. The maximum Gasteiger partial charge on any atom is 0.263 e. The number of benzene rings is 2. The summed E-state index contributed by atoms with van der Waals surface area (Å²) in [6, 6.07) is 12.3. The second-order valence-electron chi connectivity index (χ2n) is 4.83. The number of hydrogen-bond acceptors (Lipinski definition) is 2. The zero-order valence-electron chi connectivity index (χ0n) is 12.2. The van der Waals surface area contributed by atoms with E-state index in [0.29, 0.717) is 13.2 Å². The van der Waals surface area contributed by atoms with Crippen LogP contribution < -0.4 is 10.1 Å². The van der Waals surface area contributed by atoms with Crippen LogP contribution in [0.4, 0.5) is 14.5 Å². The van der Waals surface area contributed by atoms with Crippen LogP contribution in [0.2, 0.25) is 0 Å². The summed E-state index contributed by atoms with van der Waals surface area (Å²) in [5.41, 5.74) is 2.84. The van der Waals surface area contributed by atoms with Gasteiger partial charge in [-0.25, -0.2) is 8.78 Å². The van der Waals surface area contributed by atoms with Crippen molar-refractivity contribution in [2.45, 2.75) is 26.8 Å². The summed E-state index contributed by atoms with van der Waals surface area (Å²) in [7, 11) is 0. The first-order valence-corrected chi connectivity index (χ1v) is 6.94. The fourth-order valence-electron chi connectivity index (χ4n) is 2.09. The van der Waals surface area contributed by atoms with Crippen molar-refractivity contribution in [3.63, 3.8) is 0 Å². The van der Waals surface area contributed by atoms with Gasteiger partial charge in [-0.2, -0.15) is 0 Å². The van der Waals surface area contributed by atoms with Gasteiger partial charge < -0.3 is 10.1 Å². The van der Waals surface area contributed by atoms with Gasteiger partial charge in [0, 0.05) is 12.1 Å². The Labute approximate surface area is 123 Å². The van der Waals surface area contributed by atoms with E-state index in [1.165, 1.54) is 12.1 Å². The summed E-state index contributed by atoms with van der Waals surface area (Å²) in [5, 5.41) is 3.24. The van der Waals surface area contributed by atoms with Gasteiger partial charge in [0.15, 0.2) is 0 Å². The number of alkyl halides is 2. The Morgan fingerprint density at radius 3 is 2.67 bits per heavy atom. The molecule has 0 aliphatic rings. The maximum atomic E-state index is 12.7. The average Bonchev–Trinajstić information content (AvgIpc) is 2.47. The Balaban J connectivity index is 2.11. The summed E-state index contributed by atoms with van der Waals surface area (Å²) in [6.07, 6.45) is -2.44. The van der Waals surface area contributed by atoms with E-state index in [1.54, 1.807) is 6.07 Å². The molecule has 2 aromatic carbocycles. The maximum absolute atomic E-state index is 12.7. The van der Waals surface area contributed by atoms with Gasteiger partial charge in [-0.1, -0.05) is 24.3 Å². The molecule has 2 aromatic rings. The molecule has 0 aliphatic carbocycles. The predicted molar refractivity (Wildman–Crippen MR) is 81.1 cm³/mol. The Kier molecular flexibility index (Phi) is 5.14. The molecular formula is C17H19F2NO. The molecule has 21 heavy (non-hydrogen) atoms. The van der Waals surface area contributed by atoms with Crippen LogP contribution in [0, 0.1) is 6.92 Å². The topological polar surface area (TPSA) is 21.3 Å². The molecule has 0 aromatic heterocycles. The van der Waals surface area contributed by atoms with Crippen LogP contribution in [0.1, 0.15) is 30.0 Å². The molecule has 0 aliphatic heterocycles. The van der Waals surface area contributed by atoms with Crippen molar-refractivity contribution < 1.29 is 13.5 Å². The standard InChI is InChI=1S/C17H19F2NO/c1-3-21-16-9-12(2)7-8-15(16)20-11-13-5-4-6-14(10-13)17(18)19/h4-10,17,20H,3,11H2,1-2H3. The highest BCUT2D eigenvalue weighted by Crippen LogP contribution is 2.27. The molecule has 0 radical (unpaired) electrons. The Morgan fingerprint density at radius 2 is 1.95 bits per heavy atom. The third-order valence-electron chi connectivity index (χ3n) is 3.12. The van der Waals surface area contributed by atoms with E-state index < -0.39 is 6.43 Å². The Hall–Kier alpha value is -2.10. The molecule has 2 nitrogen and oxygen atoms in total. The highest BCUT2D eigenvalue weighted by molar-refractivity contribution is 5.58. The van der Waals surface area contributed by atoms with Crippen LogP contribution >= 0.6 is 0 Å². The second-order valence-corrected chi connectivity index (χ2v) is 4.83. The van der Waals surface area contributed by atoms with Crippen molar-refractivity contribution in [2.75, 3.05) is 11.9 Å². The molecule has 0 heterocycles. The lowest BCUT2D eigenvalue weighted by molar-refractivity contribution is 0.151. The first kappa shape index (κ1) is 15.3. The van der Waals surface area contributed by atoms with E-state index in [1.807, 2.05) is 38.1 Å². The van der Waals surface area contributed by atoms with Crippen LogP contribution in [-0.4, -0.2) is 6.61 Å². The van der Waals surface area contributed by atoms with Gasteiger partial charge in [-0.3, -0.25) is 0 Å².